The number of likely N-dealkylation sites (N-methyl/N-ethyl adjacent to an activating group) is 1. The molecule has 110 valence electrons. The molecule has 0 saturated carbocycles. The number of hydrogen-bond donors (Lipinski definition) is 1. The van der Waals surface area contributed by atoms with Crippen LogP contribution in [0.5, 0.6) is 0 Å². The van der Waals surface area contributed by atoms with Gasteiger partial charge < -0.3 is 5.73 Å². The van der Waals surface area contributed by atoms with E-state index in [9.17, 15) is 4.79 Å². The number of nitrogens with zero attached hydrogens (tertiary/aromatic N) is 3. The fourth-order valence-electron chi connectivity index (χ4n) is 2.84. The van der Waals surface area contributed by atoms with Gasteiger partial charge in [-0.3, -0.25) is 9.69 Å². The molecule has 1 aromatic carbocycles. The average Bonchev–Trinajstić information content (AvgIpc) is 2.87. The summed E-state index contributed by atoms with van der Waals surface area (Å²) in [4.78, 5) is 14.0. The first-order chi connectivity index (χ1) is 10.1. The van der Waals surface area contributed by atoms with Crippen LogP contribution in [-0.4, -0.2) is 33.7 Å². The molecule has 1 aromatic heterocycles. The van der Waals surface area contributed by atoms with Gasteiger partial charge in [-0.25, -0.2) is 4.68 Å². The van der Waals surface area contributed by atoms with Crippen molar-refractivity contribution in [1.29, 1.82) is 0 Å². The number of fused-ring (bicyclic) bond motifs is 1. The third kappa shape index (κ3) is 2.45. The number of primary amides is 1. The van der Waals surface area contributed by atoms with Crippen molar-refractivity contribution >= 4 is 5.91 Å². The Morgan fingerprint density at radius 2 is 2.05 bits per heavy atom. The molecule has 3 rings (SSSR count). The molecule has 0 saturated heterocycles. The Hall–Kier alpha value is -2.14. The third-order valence-corrected chi connectivity index (χ3v) is 4.10. The lowest BCUT2D eigenvalue weighted by Gasteiger charge is -2.26. The normalized spacial score (nSPS) is 15.0. The van der Waals surface area contributed by atoms with Crippen molar-refractivity contribution in [2.45, 2.75) is 26.8 Å². The van der Waals surface area contributed by atoms with E-state index in [4.69, 9.17) is 5.73 Å². The Balaban J connectivity index is 2.10. The minimum atomic E-state index is -0.449. The highest BCUT2D eigenvalue weighted by atomic mass is 16.1. The van der Waals surface area contributed by atoms with Crippen molar-refractivity contribution in [2.75, 3.05) is 13.1 Å². The van der Waals surface area contributed by atoms with Gasteiger partial charge in [-0.05, 0) is 25.6 Å². The minimum absolute atomic E-state index is 0.406. The number of carbonyl (C=O) groups is 1. The molecule has 5 heteroatoms. The third-order valence-electron chi connectivity index (χ3n) is 4.10. The number of aromatic nitrogens is 2. The molecule has 1 aliphatic heterocycles. The Morgan fingerprint density at radius 1 is 1.33 bits per heavy atom. The highest BCUT2D eigenvalue weighted by Gasteiger charge is 2.26. The molecule has 21 heavy (non-hydrogen) atoms. The summed E-state index contributed by atoms with van der Waals surface area (Å²) in [7, 11) is 0. The van der Waals surface area contributed by atoms with Crippen molar-refractivity contribution in [3.8, 4) is 5.69 Å². The number of carbonyl (C=O) groups excluding carboxylic acids is 1. The molecule has 0 unspecified atom stereocenters. The second-order valence-electron chi connectivity index (χ2n) is 5.50. The van der Waals surface area contributed by atoms with Gasteiger partial charge in [-0.15, -0.1) is 0 Å². The maximum atomic E-state index is 11.7. The molecule has 1 aliphatic rings. The first kappa shape index (κ1) is 13.8. The van der Waals surface area contributed by atoms with E-state index >= 15 is 0 Å². The highest BCUT2D eigenvalue weighted by molar-refractivity contribution is 5.92. The summed E-state index contributed by atoms with van der Waals surface area (Å²) in [5.41, 5.74) is 10.2. The maximum absolute atomic E-state index is 11.7. The number of benzene rings is 1. The van der Waals surface area contributed by atoms with E-state index in [0.29, 0.717) is 5.69 Å². The van der Waals surface area contributed by atoms with E-state index in [1.54, 1.807) is 0 Å². The van der Waals surface area contributed by atoms with Crippen LogP contribution >= 0.6 is 0 Å². The maximum Gasteiger partial charge on any atom is 0.269 e. The van der Waals surface area contributed by atoms with Crippen molar-refractivity contribution < 1.29 is 4.79 Å². The summed E-state index contributed by atoms with van der Waals surface area (Å²) in [6, 6.07) is 8.15. The molecule has 2 heterocycles. The lowest BCUT2D eigenvalue weighted by atomic mass is 10.0. The van der Waals surface area contributed by atoms with Crippen molar-refractivity contribution in [3.63, 3.8) is 0 Å². The molecule has 5 nitrogen and oxygen atoms in total. The molecular weight excluding hydrogens is 264 g/mol. The molecule has 0 spiro atoms. The highest BCUT2D eigenvalue weighted by Crippen LogP contribution is 2.25. The van der Waals surface area contributed by atoms with E-state index in [-0.39, 0.29) is 0 Å². The zero-order valence-electron chi connectivity index (χ0n) is 12.5. The minimum Gasteiger partial charge on any atom is -0.364 e. The molecule has 0 aliphatic carbocycles. The summed E-state index contributed by atoms with van der Waals surface area (Å²) in [5, 5.41) is 4.48. The van der Waals surface area contributed by atoms with Crippen molar-refractivity contribution in [2.24, 2.45) is 5.73 Å². The van der Waals surface area contributed by atoms with Gasteiger partial charge in [0.25, 0.3) is 5.91 Å². The van der Waals surface area contributed by atoms with Crippen LogP contribution in [0, 0.1) is 6.92 Å². The van der Waals surface area contributed by atoms with Gasteiger partial charge in [0.05, 0.1) is 11.4 Å². The fraction of sp³-hybridized carbons (Fsp3) is 0.375. The quantitative estimate of drug-likeness (QED) is 0.932. The Morgan fingerprint density at radius 3 is 2.67 bits per heavy atom. The second kappa shape index (κ2) is 5.33. The van der Waals surface area contributed by atoms with E-state index in [0.717, 1.165) is 43.0 Å². The Labute approximate surface area is 124 Å². The molecule has 0 fully saturated rings. The number of nitrogens with two attached hydrogens (primary N) is 1. The van der Waals surface area contributed by atoms with E-state index < -0.39 is 5.91 Å². The van der Waals surface area contributed by atoms with Gasteiger partial charge in [0.15, 0.2) is 5.69 Å². The van der Waals surface area contributed by atoms with Crippen LogP contribution in [0.4, 0.5) is 0 Å². The first-order valence-electron chi connectivity index (χ1n) is 7.30. The average molecular weight is 284 g/mol. The second-order valence-corrected chi connectivity index (χ2v) is 5.50. The fourth-order valence-corrected chi connectivity index (χ4v) is 2.84. The predicted molar refractivity (Wildman–Crippen MR) is 81.5 cm³/mol. The Kier molecular flexibility index (Phi) is 3.51. The number of hydrogen-bond acceptors (Lipinski definition) is 3. The van der Waals surface area contributed by atoms with Crippen LogP contribution in [0.1, 0.15) is 34.2 Å². The van der Waals surface area contributed by atoms with Gasteiger partial charge in [-0.2, -0.15) is 5.10 Å². The molecular formula is C16H20N4O. The SMILES string of the molecule is CCN1CCc2c(c(C(N)=O)nn2-c2ccc(C)cc2)C1. The lowest BCUT2D eigenvalue weighted by molar-refractivity contribution is 0.0993. The first-order valence-corrected chi connectivity index (χ1v) is 7.30. The van der Waals surface area contributed by atoms with Crippen LogP contribution in [0.3, 0.4) is 0 Å². The smallest absolute Gasteiger partial charge is 0.269 e. The molecule has 0 atom stereocenters. The summed E-state index contributed by atoms with van der Waals surface area (Å²) in [5.74, 6) is -0.449. The van der Waals surface area contributed by atoms with Crippen LogP contribution in [0.2, 0.25) is 0 Å². The number of amides is 1. The van der Waals surface area contributed by atoms with Gasteiger partial charge in [0.1, 0.15) is 0 Å². The summed E-state index contributed by atoms with van der Waals surface area (Å²) in [6.45, 7) is 6.87. The van der Waals surface area contributed by atoms with E-state index in [1.807, 2.05) is 16.8 Å². The predicted octanol–water partition coefficient (Wildman–Crippen LogP) is 1.66. The van der Waals surface area contributed by atoms with Crippen LogP contribution in [0.15, 0.2) is 24.3 Å². The van der Waals surface area contributed by atoms with Crippen LogP contribution in [0.25, 0.3) is 5.69 Å². The largest absolute Gasteiger partial charge is 0.364 e. The Bertz CT molecular complexity index is 672. The van der Waals surface area contributed by atoms with E-state index in [2.05, 4.69) is 36.0 Å². The van der Waals surface area contributed by atoms with Gasteiger partial charge in [-0.1, -0.05) is 24.6 Å². The van der Waals surface area contributed by atoms with Crippen molar-refractivity contribution in [1.82, 2.24) is 14.7 Å². The molecule has 1 amide bonds. The zero-order valence-corrected chi connectivity index (χ0v) is 12.5. The summed E-state index contributed by atoms with van der Waals surface area (Å²) < 4.78 is 1.88. The topological polar surface area (TPSA) is 64.2 Å². The van der Waals surface area contributed by atoms with Crippen molar-refractivity contribution in [3.05, 3.63) is 46.8 Å². The summed E-state index contributed by atoms with van der Waals surface area (Å²) in [6.07, 6.45) is 0.886. The van der Waals surface area contributed by atoms with Crippen LogP contribution < -0.4 is 5.73 Å². The monoisotopic (exact) mass is 284 g/mol. The van der Waals surface area contributed by atoms with Gasteiger partial charge in [0, 0.05) is 25.1 Å². The number of aryl methyl sites for hydroxylation is 1. The van der Waals surface area contributed by atoms with Gasteiger partial charge in [0.2, 0.25) is 0 Å². The van der Waals surface area contributed by atoms with Crippen LogP contribution in [-0.2, 0) is 13.0 Å². The molecule has 2 aromatic rings. The summed E-state index contributed by atoms with van der Waals surface area (Å²) >= 11 is 0. The lowest BCUT2D eigenvalue weighted by Crippen LogP contribution is -2.31. The molecule has 0 bridgehead atoms. The number of rotatable bonds is 3. The van der Waals surface area contributed by atoms with Gasteiger partial charge >= 0.3 is 0 Å². The van der Waals surface area contributed by atoms with E-state index in [1.165, 1.54) is 5.56 Å². The zero-order chi connectivity index (χ0) is 15.0. The standard InChI is InChI=1S/C16H20N4O/c1-3-19-9-8-14-13(10-19)15(16(17)21)18-20(14)12-6-4-11(2)5-7-12/h4-7H,3,8-10H2,1-2H3,(H2,17,21). The molecule has 0 radical (unpaired) electrons. The molecule has 2 N–H and O–H groups in total.